The Kier molecular flexibility index (Phi) is 3.59. The van der Waals surface area contributed by atoms with E-state index in [1.54, 1.807) is 5.43 Å². The van der Waals surface area contributed by atoms with Crippen molar-refractivity contribution < 1.29 is 32.3 Å². The summed E-state index contributed by atoms with van der Waals surface area (Å²) < 4.78 is 41.3. The van der Waals surface area contributed by atoms with Crippen molar-refractivity contribution in [2.24, 2.45) is 10.8 Å². The Balaban J connectivity index is 3.07. The van der Waals surface area contributed by atoms with Gasteiger partial charge in [0.2, 0.25) is 5.76 Å². The van der Waals surface area contributed by atoms with Gasteiger partial charge in [-0.25, -0.2) is 10.2 Å². The van der Waals surface area contributed by atoms with Crippen LogP contribution in [0, 0.1) is 0 Å². The number of hydrazone groups is 1. The Morgan fingerprint density at radius 2 is 2.11 bits per heavy atom. The number of aromatic carboxylic acids is 1. The first-order chi connectivity index (χ1) is 8.21. The highest BCUT2D eigenvalue weighted by Gasteiger charge is 2.38. The third-order valence-electron chi connectivity index (χ3n) is 1.60. The van der Waals surface area contributed by atoms with Crippen LogP contribution in [-0.4, -0.2) is 18.2 Å². The standard InChI is InChI=1S/C8H6F3N3O4/c9-8(10,11)5-4(6(15)16)1-3(18-5)2-13-14-7(12)17/h1-2H,(H,15,16)(H3,12,14,17)/p-1/b13-2+. The number of primary amides is 1. The fourth-order valence-electron chi connectivity index (χ4n) is 0.995. The number of amides is 2. The first-order valence-electron chi connectivity index (χ1n) is 4.22. The molecule has 0 fully saturated rings. The predicted octanol–water partition coefficient (Wildman–Crippen LogP) is -0.336. The summed E-state index contributed by atoms with van der Waals surface area (Å²) in [6.45, 7) is 0. The molecule has 0 atom stereocenters. The van der Waals surface area contributed by atoms with Crippen LogP contribution < -0.4 is 16.3 Å². The molecule has 3 N–H and O–H groups in total. The number of hydrogen-bond acceptors (Lipinski definition) is 5. The minimum absolute atomic E-state index is 0.532. The van der Waals surface area contributed by atoms with E-state index in [0.29, 0.717) is 12.3 Å². The van der Waals surface area contributed by atoms with Gasteiger partial charge in [0.25, 0.3) is 0 Å². The zero-order valence-corrected chi connectivity index (χ0v) is 8.45. The van der Waals surface area contributed by atoms with Crippen molar-refractivity contribution in [3.63, 3.8) is 0 Å². The minimum Gasteiger partial charge on any atom is -0.545 e. The van der Waals surface area contributed by atoms with Gasteiger partial charge in [-0.15, -0.1) is 0 Å². The molecule has 0 unspecified atom stereocenters. The summed E-state index contributed by atoms with van der Waals surface area (Å²) in [5, 5.41) is 13.6. The molecule has 10 heteroatoms. The van der Waals surface area contributed by atoms with E-state index in [9.17, 15) is 27.9 Å². The summed E-state index contributed by atoms with van der Waals surface area (Å²) in [5.41, 5.74) is 5.16. The average Bonchev–Trinajstić information content (AvgIpc) is 2.60. The van der Waals surface area contributed by atoms with Gasteiger partial charge < -0.3 is 20.1 Å². The molecule has 2 amide bonds. The summed E-state index contributed by atoms with van der Waals surface area (Å²) in [6, 6.07) is -0.487. The number of nitrogens with two attached hydrogens (primary N) is 1. The fourth-order valence-corrected chi connectivity index (χ4v) is 0.995. The average molecular weight is 264 g/mol. The van der Waals surface area contributed by atoms with Gasteiger partial charge in [-0.3, -0.25) is 0 Å². The number of nitrogens with zero attached hydrogens (tertiary/aromatic N) is 1. The van der Waals surface area contributed by atoms with Crippen LogP contribution in [0.5, 0.6) is 0 Å². The number of hydrogen-bond donors (Lipinski definition) is 2. The third-order valence-corrected chi connectivity index (χ3v) is 1.60. The molecule has 1 heterocycles. The molecular formula is C8H5F3N3O4-. The molecule has 0 aliphatic rings. The van der Waals surface area contributed by atoms with Gasteiger partial charge >= 0.3 is 12.2 Å². The number of nitrogens with one attached hydrogen (secondary N) is 1. The van der Waals surface area contributed by atoms with Crippen molar-refractivity contribution in [2.75, 3.05) is 0 Å². The van der Waals surface area contributed by atoms with Gasteiger partial charge in [-0.2, -0.15) is 18.3 Å². The number of carbonyl (C=O) groups is 2. The van der Waals surface area contributed by atoms with Crippen molar-refractivity contribution in [2.45, 2.75) is 6.18 Å². The second-order valence-electron chi connectivity index (χ2n) is 2.91. The van der Waals surface area contributed by atoms with E-state index in [-0.39, 0.29) is 0 Å². The highest BCUT2D eigenvalue weighted by Crippen LogP contribution is 2.33. The lowest BCUT2D eigenvalue weighted by Gasteiger charge is -2.05. The maximum atomic E-state index is 12.4. The molecule has 7 nitrogen and oxygen atoms in total. The number of alkyl halides is 3. The van der Waals surface area contributed by atoms with Crippen LogP contribution in [0.25, 0.3) is 0 Å². The van der Waals surface area contributed by atoms with E-state index in [2.05, 4.69) is 15.3 Å². The fraction of sp³-hybridized carbons (Fsp3) is 0.125. The molecule has 1 aromatic heterocycles. The van der Waals surface area contributed by atoms with E-state index in [1.165, 1.54) is 0 Å². The Morgan fingerprint density at radius 3 is 2.50 bits per heavy atom. The zero-order valence-electron chi connectivity index (χ0n) is 8.45. The highest BCUT2D eigenvalue weighted by molar-refractivity contribution is 5.90. The van der Waals surface area contributed by atoms with Gasteiger partial charge in [0.05, 0.1) is 12.2 Å². The highest BCUT2D eigenvalue weighted by atomic mass is 19.4. The van der Waals surface area contributed by atoms with Gasteiger partial charge in [-0.05, 0) is 6.07 Å². The zero-order chi connectivity index (χ0) is 13.9. The lowest BCUT2D eigenvalue weighted by molar-refractivity contribution is -0.256. The maximum absolute atomic E-state index is 12.4. The number of carboxylic acids is 1. The summed E-state index contributed by atoms with van der Waals surface area (Å²) in [5.74, 6) is -4.30. The summed E-state index contributed by atoms with van der Waals surface area (Å²) in [4.78, 5) is 20.7. The third kappa shape index (κ3) is 3.23. The van der Waals surface area contributed by atoms with Gasteiger partial charge in [0, 0.05) is 5.56 Å². The van der Waals surface area contributed by atoms with E-state index in [0.717, 1.165) is 0 Å². The van der Waals surface area contributed by atoms with E-state index in [1.807, 2.05) is 0 Å². The normalized spacial score (nSPS) is 11.7. The second-order valence-corrected chi connectivity index (χ2v) is 2.91. The van der Waals surface area contributed by atoms with Crippen LogP contribution >= 0.6 is 0 Å². The number of carbonyl (C=O) groups excluding carboxylic acids is 2. The van der Waals surface area contributed by atoms with Crippen molar-refractivity contribution in [1.29, 1.82) is 0 Å². The number of urea groups is 1. The SMILES string of the molecule is NC(=O)N/N=C/c1cc(C(=O)[O-])c(C(F)(F)F)o1. The molecule has 0 spiro atoms. The predicted molar refractivity (Wildman–Crippen MR) is 48.4 cm³/mol. The quantitative estimate of drug-likeness (QED) is 0.573. The molecule has 0 aliphatic heterocycles. The molecule has 0 radical (unpaired) electrons. The lowest BCUT2D eigenvalue weighted by Crippen LogP contribution is -2.24. The van der Waals surface area contributed by atoms with Crippen LogP contribution in [0.4, 0.5) is 18.0 Å². The van der Waals surface area contributed by atoms with E-state index < -0.39 is 35.3 Å². The number of rotatable bonds is 3. The maximum Gasteiger partial charge on any atom is 0.450 e. The van der Waals surface area contributed by atoms with Crippen LogP contribution in [0.1, 0.15) is 21.9 Å². The van der Waals surface area contributed by atoms with Crippen molar-refractivity contribution >= 4 is 18.2 Å². The van der Waals surface area contributed by atoms with Crippen LogP contribution in [-0.2, 0) is 6.18 Å². The van der Waals surface area contributed by atoms with Crippen molar-refractivity contribution in [1.82, 2.24) is 5.43 Å². The van der Waals surface area contributed by atoms with E-state index >= 15 is 0 Å². The van der Waals surface area contributed by atoms with Gasteiger partial charge in [0.15, 0.2) is 0 Å². The molecule has 1 aromatic rings. The van der Waals surface area contributed by atoms with Crippen LogP contribution in [0.15, 0.2) is 15.6 Å². The number of furan rings is 1. The molecule has 0 saturated carbocycles. The van der Waals surface area contributed by atoms with Crippen molar-refractivity contribution in [3.8, 4) is 0 Å². The molecule has 0 aromatic carbocycles. The molecule has 18 heavy (non-hydrogen) atoms. The van der Waals surface area contributed by atoms with Crippen molar-refractivity contribution in [3.05, 3.63) is 23.2 Å². The lowest BCUT2D eigenvalue weighted by atomic mass is 10.2. The van der Waals surface area contributed by atoms with Gasteiger partial charge in [0.1, 0.15) is 5.76 Å². The van der Waals surface area contributed by atoms with Crippen LogP contribution in [0.2, 0.25) is 0 Å². The summed E-state index contributed by atoms with van der Waals surface area (Å²) in [6.07, 6.45) is -4.33. The second kappa shape index (κ2) is 4.77. The first kappa shape index (κ1) is 13.5. The largest absolute Gasteiger partial charge is 0.545 e. The molecular weight excluding hydrogens is 259 g/mol. The monoisotopic (exact) mass is 264 g/mol. The molecule has 1 rings (SSSR count). The van der Waals surface area contributed by atoms with Gasteiger partial charge in [-0.1, -0.05) is 0 Å². The summed E-state index contributed by atoms with van der Waals surface area (Å²) in [7, 11) is 0. The first-order valence-corrected chi connectivity index (χ1v) is 4.22. The summed E-state index contributed by atoms with van der Waals surface area (Å²) >= 11 is 0. The number of halogens is 3. The minimum atomic E-state index is -4.99. The Labute approximate surface area is 97.1 Å². The molecule has 0 aliphatic carbocycles. The topological polar surface area (TPSA) is 121 Å². The molecule has 98 valence electrons. The molecule has 0 saturated heterocycles. The Morgan fingerprint density at radius 1 is 1.50 bits per heavy atom. The Bertz CT molecular complexity index is 506. The Hall–Kier alpha value is -2.52. The van der Waals surface area contributed by atoms with Crippen LogP contribution in [0.3, 0.4) is 0 Å². The van der Waals surface area contributed by atoms with E-state index in [4.69, 9.17) is 0 Å². The molecule has 0 bridgehead atoms. The smallest absolute Gasteiger partial charge is 0.450 e. The number of carboxylic acid groups (broad SMARTS) is 1.